The first-order chi connectivity index (χ1) is 8.56. The number of aliphatic carboxylic acids is 1. The fraction of sp³-hybridized carbons (Fsp3) is 0.333. The molecule has 1 aliphatic heterocycles. The van der Waals surface area contributed by atoms with Crippen molar-refractivity contribution in [2.45, 2.75) is 25.3 Å². The molecule has 0 saturated carbocycles. The van der Waals surface area contributed by atoms with Crippen LogP contribution in [0.25, 0.3) is 0 Å². The van der Waals surface area contributed by atoms with Crippen molar-refractivity contribution in [3.63, 3.8) is 0 Å². The molecule has 0 amide bonds. The molecule has 0 spiro atoms. The van der Waals surface area contributed by atoms with Gasteiger partial charge in [0.25, 0.3) is 0 Å². The van der Waals surface area contributed by atoms with Gasteiger partial charge in [0.15, 0.2) is 5.11 Å². The SMILES string of the molecule is CC1CC(C(=O)O)c2ccccc2N1C(=S)NN. The van der Waals surface area contributed by atoms with Gasteiger partial charge in [-0.2, -0.15) is 0 Å². The number of nitrogens with two attached hydrogens (primary N) is 1. The number of para-hydroxylation sites is 1. The molecule has 0 saturated heterocycles. The Bertz CT molecular complexity index is 492. The van der Waals surface area contributed by atoms with Crippen LogP contribution in [-0.2, 0) is 4.79 Å². The van der Waals surface area contributed by atoms with E-state index in [9.17, 15) is 9.90 Å². The van der Waals surface area contributed by atoms with Gasteiger partial charge in [0.2, 0.25) is 0 Å². The molecule has 6 heteroatoms. The zero-order chi connectivity index (χ0) is 13.3. The van der Waals surface area contributed by atoms with Crippen molar-refractivity contribution in [1.82, 2.24) is 5.43 Å². The minimum Gasteiger partial charge on any atom is -0.481 e. The van der Waals surface area contributed by atoms with Gasteiger partial charge in [-0.15, -0.1) is 0 Å². The predicted molar refractivity (Wildman–Crippen MR) is 73.3 cm³/mol. The van der Waals surface area contributed by atoms with Gasteiger partial charge in [-0.3, -0.25) is 4.79 Å². The summed E-state index contributed by atoms with van der Waals surface area (Å²) in [5, 5.41) is 9.69. The third-order valence-corrected chi connectivity index (χ3v) is 3.54. The highest BCUT2D eigenvalue weighted by Crippen LogP contribution is 2.38. The first kappa shape index (κ1) is 12.8. The average molecular weight is 265 g/mol. The van der Waals surface area contributed by atoms with Crippen LogP contribution in [0.15, 0.2) is 24.3 Å². The lowest BCUT2D eigenvalue weighted by Crippen LogP contribution is -2.50. The number of rotatable bonds is 1. The van der Waals surface area contributed by atoms with Gasteiger partial charge in [-0.1, -0.05) is 18.2 Å². The van der Waals surface area contributed by atoms with E-state index in [0.717, 1.165) is 11.3 Å². The Balaban J connectivity index is 2.51. The van der Waals surface area contributed by atoms with Gasteiger partial charge in [-0.25, -0.2) is 5.84 Å². The number of thiocarbonyl (C=S) groups is 1. The van der Waals surface area contributed by atoms with Gasteiger partial charge in [0, 0.05) is 11.7 Å². The summed E-state index contributed by atoms with van der Waals surface area (Å²) in [6.45, 7) is 1.94. The second-order valence-electron chi connectivity index (χ2n) is 4.35. The highest BCUT2D eigenvalue weighted by molar-refractivity contribution is 7.80. The Morgan fingerprint density at radius 3 is 2.83 bits per heavy atom. The lowest BCUT2D eigenvalue weighted by atomic mass is 9.86. The number of fused-ring (bicyclic) bond motifs is 1. The van der Waals surface area contributed by atoms with E-state index in [-0.39, 0.29) is 6.04 Å². The lowest BCUT2D eigenvalue weighted by Gasteiger charge is -2.39. The maximum atomic E-state index is 11.3. The van der Waals surface area contributed by atoms with Crippen LogP contribution in [0, 0.1) is 0 Å². The highest BCUT2D eigenvalue weighted by atomic mass is 32.1. The Morgan fingerprint density at radius 1 is 1.56 bits per heavy atom. The number of anilines is 1. The number of carboxylic acids is 1. The average Bonchev–Trinajstić information content (AvgIpc) is 2.36. The first-order valence-corrected chi connectivity index (χ1v) is 6.08. The topological polar surface area (TPSA) is 78.6 Å². The molecule has 2 unspecified atom stereocenters. The molecule has 0 aliphatic carbocycles. The van der Waals surface area contributed by atoms with Gasteiger partial charge in [-0.05, 0) is 37.2 Å². The Kier molecular flexibility index (Phi) is 3.49. The standard InChI is InChI=1S/C12H15N3O2S/c1-7-6-9(11(16)17)8-4-2-3-5-10(8)15(7)12(18)14-13/h2-5,7,9H,6,13H2,1H3,(H,14,18)(H,16,17). The molecule has 2 atom stereocenters. The summed E-state index contributed by atoms with van der Waals surface area (Å²) in [7, 11) is 0. The number of hydrazine groups is 1. The Hall–Kier alpha value is -1.66. The number of benzene rings is 1. The van der Waals surface area contributed by atoms with E-state index in [0.29, 0.717) is 11.5 Å². The van der Waals surface area contributed by atoms with Crippen molar-refractivity contribution >= 4 is 29.0 Å². The van der Waals surface area contributed by atoms with E-state index in [1.165, 1.54) is 0 Å². The van der Waals surface area contributed by atoms with E-state index < -0.39 is 11.9 Å². The van der Waals surface area contributed by atoms with E-state index >= 15 is 0 Å². The summed E-state index contributed by atoms with van der Waals surface area (Å²) in [4.78, 5) is 13.2. The van der Waals surface area contributed by atoms with E-state index in [1.54, 1.807) is 0 Å². The molecule has 0 bridgehead atoms. The number of nitrogens with one attached hydrogen (secondary N) is 1. The second kappa shape index (κ2) is 4.91. The molecule has 5 nitrogen and oxygen atoms in total. The van der Waals surface area contributed by atoms with Crippen LogP contribution in [0.2, 0.25) is 0 Å². The fourth-order valence-corrected chi connectivity index (χ4v) is 2.70. The van der Waals surface area contributed by atoms with Crippen LogP contribution in [0.5, 0.6) is 0 Å². The van der Waals surface area contributed by atoms with Crippen LogP contribution >= 0.6 is 12.2 Å². The Morgan fingerprint density at radius 2 is 2.22 bits per heavy atom. The van der Waals surface area contributed by atoms with E-state index in [2.05, 4.69) is 5.43 Å². The molecule has 1 aromatic carbocycles. The normalized spacial score (nSPS) is 22.2. The maximum Gasteiger partial charge on any atom is 0.311 e. The predicted octanol–water partition coefficient (Wildman–Crippen LogP) is 1.20. The van der Waals surface area contributed by atoms with E-state index in [4.69, 9.17) is 18.1 Å². The molecule has 1 heterocycles. The van der Waals surface area contributed by atoms with Crippen molar-refractivity contribution in [1.29, 1.82) is 0 Å². The molecule has 1 aromatic rings. The van der Waals surface area contributed by atoms with Crippen molar-refractivity contribution in [3.05, 3.63) is 29.8 Å². The van der Waals surface area contributed by atoms with Crippen molar-refractivity contribution in [2.75, 3.05) is 4.90 Å². The monoisotopic (exact) mass is 265 g/mol. The van der Waals surface area contributed by atoms with Gasteiger partial charge < -0.3 is 15.4 Å². The molecule has 2 rings (SSSR count). The largest absolute Gasteiger partial charge is 0.481 e. The first-order valence-electron chi connectivity index (χ1n) is 5.67. The van der Waals surface area contributed by atoms with Gasteiger partial charge in [0.1, 0.15) is 0 Å². The summed E-state index contributed by atoms with van der Waals surface area (Å²) in [6.07, 6.45) is 0.508. The van der Waals surface area contributed by atoms with Crippen molar-refractivity contribution in [3.8, 4) is 0 Å². The van der Waals surface area contributed by atoms with E-state index in [1.807, 2.05) is 36.1 Å². The molecule has 4 N–H and O–H groups in total. The molecule has 1 aliphatic rings. The molecule has 96 valence electrons. The lowest BCUT2D eigenvalue weighted by molar-refractivity contribution is -0.139. The molecule has 18 heavy (non-hydrogen) atoms. The van der Waals surface area contributed by atoms with Gasteiger partial charge >= 0.3 is 5.97 Å². The molecule has 0 fully saturated rings. The maximum absolute atomic E-state index is 11.3. The van der Waals surface area contributed by atoms with Crippen molar-refractivity contribution < 1.29 is 9.90 Å². The molecule has 0 aromatic heterocycles. The minimum atomic E-state index is -0.805. The quantitative estimate of drug-likeness (QED) is 0.402. The number of nitrogens with zero attached hydrogens (tertiary/aromatic N) is 1. The third kappa shape index (κ3) is 2.04. The molecule has 0 radical (unpaired) electrons. The smallest absolute Gasteiger partial charge is 0.311 e. The van der Waals surface area contributed by atoms with Crippen molar-refractivity contribution in [2.24, 2.45) is 5.84 Å². The number of hydrogen-bond acceptors (Lipinski definition) is 3. The van der Waals surface area contributed by atoms with Crippen LogP contribution < -0.4 is 16.2 Å². The summed E-state index contributed by atoms with van der Waals surface area (Å²) in [5.74, 6) is 4.07. The van der Waals surface area contributed by atoms with Crippen LogP contribution in [0.3, 0.4) is 0 Å². The molecular weight excluding hydrogens is 250 g/mol. The number of carbonyl (C=O) groups is 1. The highest BCUT2D eigenvalue weighted by Gasteiger charge is 2.35. The number of hydrogen-bond donors (Lipinski definition) is 3. The van der Waals surface area contributed by atoms with Crippen LogP contribution in [-0.4, -0.2) is 22.2 Å². The summed E-state index contributed by atoms with van der Waals surface area (Å²) in [6, 6.07) is 7.38. The van der Waals surface area contributed by atoms with Crippen LogP contribution in [0.1, 0.15) is 24.8 Å². The number of carboxylic acid groups (broad SMARTS) is 1. The summed E-state index contributed by atoms with van der Waals surface area (Å²) >= 11 is 5.18. The third-order valence-electron chi connectivity index (χ3n) is 3.23. The van der Waals surface area contributed by atoms with Crippen LogP contribution in [0.4, 0.5) is 5.69 Å². The fourth-order valence-electron chi connectivity index (χ4n) is 2.43. The van der Waals surface area contributed by atoms with Gasteiger partial charge in [0.05, 0.1) is 5.92 Å². The zero-order valence-electron chi connectivity index (χ0n) is 9.96. The Labute approximate surface area is 111 Å². The summed E-state index contributed by atoms with van der Waals surface area (Å²) in [5.41, 5.74) is 4.05. The zero-order valence-corrected chi connectivity index (χ0v) is 10.8. The second-order valence-corrected chi connectivity index (χ2v) is 4.74. The minimum absolute atomic E-state index is 0.00968. The molecular formula is C12H15N3O2S. The summed E-state index contributed by atoms with van der Waals surface area (Å²) < 4.78 is 0.